The number of halogens is 1. The Morgan fingerprint density at radius 2 is 1.90 bits per heavy atom. The van der Waals surface area contributed by atoms with E-state index < -0.39 is 0 Å². The van der Waals surface area contributed by atoms with Crippen LogP contribution >= 0.6 is 11.6 Å². The standard InChI is InChI=1S/C25H31ClN4O/c1-17-3-8-23-24(30(17)2)10-9-22(25(23)31-21-6-4-19(26)5-7-21)18(15-27)16-29-20-11-13-28-14-12-20/h4-7,9-10,15-17,20,28H,3,8,11-14,27H2,1-2H3. The third-order valence-electron chi connectivity index (χ3n) is 6.35. The van der Waals surface area contributed by atoms with E-state index in [0.717, 1.165) is 61.4 Å². The van der Waals surface area contributed by atoms with Crippen LogP contribution in [0.3, 0.4) is 0 Å². The van der Waals surface area contributed by atoms with Crippen molar-refractivity contribution in [3.63, 3.8) is 0 Å². The average molecular weight is 439 g/mol. The summed E-state index contributed by atoms with van der Waals surface area (Å²) in [6, 6.07) is 12.6. The molecule has 6 heteroatoms. The minimum atomic E-state index is 0.335. The monoisotopic (exact) mass is 438 g/mol. The van der Waals surface area contributed by atoms with E-state index in [1.165, 1.54) is 11.3 Å². The van der Waals surface area contributed by atoms with Crippen LogP contribution in [0, 0.1) is 0 Å². The first kappa shape index (κ1) is 21.7. The van der Waals surface area contributed by atoms with Crippen molar-refractivity contribution < 1.29 is 4.74 Å². The number of hydrogen-bond acceptors (Lipinski definition) is 5. The van der Waals surface area contributed by atoms with Crippen molar-refractivity contribution in [1.82, 2.24) is 5.32 Å². The van der Waals surface area contributed by atoms with Gasteiger partial charge >= 0.3 is 0 Å². The minimum absolute atomic E-state index is 0.335. The second kappa shape index (κ2) is 9.75. The number of nitrogens with one attached hydrogen (secondary N) is 1. The normalized spacial score (nSPS) is 20.2. The van der Waals surface area contributed by atoms with Gasteiger partial charge in [0.1, 0.15) is 11.5 Å². The summed E-state index contributed by atoms with van der Waals surface area (Å²) in [5, 5.41) is 4.07. The molecule has 2 aromatic rings. The lowest BCUT2D eigenvalue weighted by atomic mass is 9.92. The lowest BCUT2D eigenvalue weighted by Crippen LogP contribution is -2.33. The number of piperidine rings is 1. The van der Waals surface area contributed by atoms with Crippen LogP contribution in [0.4, 0.5) is 5.69 Å². The molecule has 164 valence electrons. The van der Waals surface area contributed by atoms with Gasteiger partial charge in [-0.3, -0.25) is 4.99 Å². The fraction of sp³-hybridized carbons (Fsp3) is 0.400. The summed E-state index contributed by atoms with van der Waals surface area (Å²) in [4.78, 5) is 7.16. The molecule has 2 aliphatic rings. The number of hydrogen-bond donors (Lipinski definition) is 2. The first-order valence-corrected chi connectivity index (χ1v) is 11.4. The Morgan fingerprint density at radius 1 is 1.16 bits per heavy atom. The summed E-state index contributed by atoms with van der Waals surface area (Å²) < 4.78 is 6.47. The molecule has 0 aliphatic carbocycles. The highest BCUT2D eigenvalue weighted by Gasteiger charge is 2.26. The molecule has 0 amide bonds. The minimum Gasteiger partial charge on any atom is -0.456 e. The molecular formula is C25H31ClN4O. The van der Waals surface area contributed by atoms with Gasteiger partial charge in [-0.15, -0.1) is 0 Å². The smallest absolute Gasteiger partial charge is 0.140 e. The second-order valence-corrected chi connectivity index (χ2v) is 8.81. The van der Waals surface area contributed by atoms with Crippen molar-refractivity contribution in [3.8, 4) is 11.5 Å². The highest BCUT2D eigenvalue weighted by atomic mass is 35.5. The number of allylic oxidation sites excluding steroid dienone is 1. The summed E-state index contributed by atoms with van der Waals surface area (Å²) in [5.74, 6) is 1.61. The Morgan fingerprint density at radius 3 is 2.61 bits per heavy atom. The van der Waals surface area contributed by atoms with Crippen molar-refractivity contribution in [2.24, 2.45) is 10.7 Å². The van der Waals surface area contributed by atoms with Crippen LogP contribution in [0.1, 0.15) is 37.3 Å². The molecule has 0 radical (unpaired) electrons. The van der Waals surface area contributed by atoms with Crippen LogP contribution in [-0.4, -0.2) is 38.4 Å². The van der Waals surface area contributed by atoms with Crippen LogP contribution in [0.25, 0.3) is 5.57 Å². The van der Waals surface area contributed by atoms with Crippen LogP contribution in [0.2, 0.25) is 5.02 Å². The number of anilines is 1. The van der Waals surface area contributed by atoms with Gasteiger partial charge in [0.25, 0.3) is 0 Å². The third-order valence-corrected chi connectivity index (χ3v) is 6.60. The summed E-state index contributed by atoms with van der Waals surface area (Å²) in [6.07, 6.45) is 7.69. The number of rotatable bonds is 5. The first-order valence-electron chi connectivity index (χ1n) is 11.0. The molecule has 4 rings (SSSR count). The molecule has 1 fully saturated rings. The molecule has 5 nitrogen and oxygen atoms in total. The van der Waals surface area contributed by atoms with E-state index in [1.54, 1.807) is 6.20 Å². The van der Waals surface area contributed by atoms with E-state index in [2.05, 4.69) is 36.3 Å². The fourth-order valence-electron chi connectivity index (χ4n) is 4.28. The van der Waals surface area contributed by atoms with E-state index >= 15 is 0 Å². The van der Waals surface area contributed by atoms with Gasteiger partial charge in [0, 0.05) is 52.9 Å². The van der Waals surface area contributed by atoms with Crippen molar-refractivity contribution in [2.45, 2.75) is 44.7 Å². The summed E-state index contributed by atoms with van der Waals surface area (Å²) in [5.41, 5.74) is 10.3. The first-order chi connectivity index (χ1) is 15.1. The number of nitrogens with zero attached hydrogens (tertiary/aromatic N) is 2. The van der Waals surface area contributed by atoms with Crippen LogP contribution in [0.15, 0.2) is 47.6 Å². The Kier molecular flexibility index (Phi) is 6.83. The number of nitrogens with two attached hydrogens (primary N) is 1. The van der Waals surface area contributed by atoms with Gasteiger partial charge in [0.05, 0.1) is 6.04 Å². The summed E-state index contributed by atoms with van der Waals surface area (Å²) in [7, 11) is 2.15. The molecule has 0 saturated carbocycles. The molecule has 31 heavy (non-hydrogen) atoms. The molecule has 0 spiro atoms. The van der Waals surface area contributed by atoms with Crippen LogP contribution in [-0.2, 0) is 6.42 Å². The van der Waals surface area contributed by atoms with E-state index in [1.807, 2.05) is 30.5 Å². The highest BCUT2D eigenvalue weighted by Crippen LogP contribution is 2.42. The summed E-state index contributed by atoms with van der Waals surface area (Å²) >= 11 is 6.07. The van der Waals surface area contributed by atoms with Crippen molar-refractivity contribution in [1.29, 1.82) is 0 Å². The number of benzene rings is 2. The second-order valence-electron chi connectivity index (χ2n) is 8.38. The van der Waals surface area contributed by atoms with Gasteiger partial charge in [0.15, 0.2) is 0 Å². The third kappa shape index (κ3) is 4.89. The maximum atomic E-state index is 6.47. The zero-order valence-electron chi connectivity index (χ0n) is 18.3. The van der Waals surface area contributed by atoms with Gasteiger partial charge in [-0.2, -0.15) is 0 Å². The zero-order valence-corrected chi connectivity index (χ0v) is 19.0. The van der Waals surface area contributed by atoms with Crippen LogP contribution in [0.5, 0.6) is 11.5 Å². The van der Waals surface area contributed by atoms with E-state index in [9.17, 15) is 0 Å². The molecule has 1 atom stereocenters. The Labute approximate surface area is 189 Å². The molecule has 1 saturated heterocycles. The SMILES string of the molecule is CC1CCc2c(ccc(C(C=NC3CCNCC3)=CN)c2Oc2ccc(Cl)cc2)N1C. The van der Waals surface area contributed by atoms with Gasteiger partial charge in [-0.1, -0.05) is 11.6 Å². The maximum Gasteiger partial charge on any atom is 0.140 e. The average Bonchev–Trinajstić information content (AvgIpc) is 2.80. The van der Waals surface area contributed by atoms with Gasteiger partial charge in [0.2, 0.25) is 0 Å². The molecule has 0 bridgehead atoms. The van der Waals surface area contributed by atoms with Crippen molar-refractivity contribution in [2.75, 3.05) is 25.0 Å². The predicted octanol–water partition coefficient (Wildman–Crippen LogP) is 5.03. The van der Waals surface area contributed by atoms with Gasteiger partial charge in [-0.25, -0.2) is 0 Å². The zero-order chi connectivity index (χ0) is 21.8. The molecule has 2 heterocycles. The molecule has 1 unspecified atom stereocenters. The predicted molar refractivity (Wildman–Crippen MR) is 131 cm³/mol. The molecule has 0 aromatic heterocycles. The lowest BCUT2D eigenvalue weighted by Gasteiger charge is -2.35. The largest absolute Gasteiger partial charge is 0.456 e. The summed E-state index contributed by atoms with van der Waals surface area (Å²) in [6.45, 7) is 4.28. The molecule has 2 aliphatic heterocycles. The number of aliphatic imine (C=N–C) groups is 1. The number of fused-ring (bicyclic) bond motifs is 1. The quantitative estimate of drug-likeness (QED) is 0.643. The van der Waals surface area contributed by atoms with Crippen molar-refractivity contribution >= 4 is 29.1 Å². The fourth-order valence-corrected chi connectivity index (χ4v) is 4.41. The van der Waals surface area contributed by atoms with Gasteiger partial charge in [-0.05, 0) is 82.1 Å². The van der Waals surface area contributed by atoms with E-state index in [-0.39, 0.29) is 0 Å². The van der Waals surface area contributed by atoms with E-state index in [4.69, 9.17) is 27.1 Å². The van der Waals surface area contributed by atoms with Crippen LogP contribution < -0.4 is 20.7 Å². The maximum absolute atomic E-state index is 6.47. The molecule has 3 N–H and O–H groups in total. The Bertz CT molecular complexity index is 964. The van der Waals surface area contributed by atoms with Crippen molar-refractivity contribution in [3.05, 3.63) is 58.7 Å². The lowest BCUT2D eigenvalue weighted by molar-refractivity contribution is 0.461. The highest BCUT2D eigenvalue weighted by molar-refractivity contribution is 6.30. The molecular weight excluding hydrogens is 408 g/mol. The van der Waals surface area contributed by atoms with E-state index in [0.29, 0.717) is 17.1 Å². The Hall–Kier alpha value is -2.50. The topological polar surface area (TPSA) is 62.9 Å². The number of ether oxygens (including phenoxy) is 1. The molecule has 2 aromatic carbocycles. The Balaban J connectivity index is 1.73. The van der Waals surface area contributed by atoms with Gasteiger partial charge < -0.3 is 20.7 Å².